The van der Waals surface area contributed by atoms with Crippen molar-refractivity contribution in [2.75, 3.05) is 11.9 Å². The van der Waals surface area contributed by atoms with E-state index in [1.807, 2.05) is 0 Å². The number of aromatic nitrogens is 1. The van der Waals surface area contributed by atoms with Crippen molar-refractivity contribution >= 4 is 17.6 Å². The molecule has 3 N–H and O–H groups in total. The van der Waals surface area contributed by atoms with E-state index in [1.165, 1.54) is 49.7 Å². The Kier molecular flexibility index (Phi) is 8.00. The molecule has 3 amide bonds. The van der Waals surface area contributed by atoms with Crippen molar-refractivity contribution in [1.82, 2.24) is 15.6 Å². The van der Waals surface area contributed by atoms with Crippen LogP contribution in [0.4, 0.5) is 14.9 Å². The summed E-state index contributed by atoms with van der Waals surface area (Å²) >= 11 is 0. The SMILES string of the molecule is O=C(CCCNC(=O)NC1CCCCC1)Nc1ccc(Oc2ccc(F)cc2)nc1. The average Bonchev–Trinajstić information content (AvgIpc) is 2.75. The maximum atomic E-state index is 12.9. The minimum atomic E-state index is -0.339. The summed E-state index contributed by atoms with van der Waals surface area (Å²) in [6.07, 6.45) is 7.98. The van der Waals surface area contributed by atoms with Crippen molar-refractivity contribution in [3.8, 4) is 11.6 Å². The van der Waals surface area contributed by atoms with Gasteiger partial charge in [-0.05, 0) is 49.6 Å². The molecule has 160 valence electrons. The molecule has 1 aliphatic rings. The highest BCUT2D eigenvalue weighted by molar-refractivity contribution is 5.90. The normalized spacial score (nSPS) is 14.0. The van der Waals surface area contributed by atoms with Crippen LogP contribution in [-0.2, 0) is 4.79 Å². The van der Waals surface area contributed by atoms with Crippen LogP contribution in [0.5, 0.6) is 11.6 Å². The van der Waals surface area contributed by atoms with Gasteiger partial charge in [0.15, 0.2) is 0 Å². The third-order valence-corrected chi connectivity index (χ3v) is 4.86. The number of carbonyl (C=O) groups excluding carboxylic acids is 2. The quantitative estimate of drug-likeness (QED) is 0.560. The standard InChI is InChI=1S/C22H27FN4O3/c23-16-8-11-19(12-9-16)30-21-13-10-18(15-25-21)26-20(28)7-4-14-24-22(29)27-17-5-2-1-3-6-17/h8-13,15,17H,1-7,14H2,(H,26,28)(H2,24,27,29). The van der Waals surface area contributed by atoms with Crippen LogP contribution in [0.3, 0.4) is 0 Å². The lowest BCUT2D eigenvalue weighted by atomic mass is 9.96. The number of anilines is 1. The first-order chi connectivity index (χ1) is 14.6. The lowest BCUT2D eigenvalue weighted by molar-refractivity contribution is -0.116. The first-order valence-electron chi connectivity index (χ1n) is 10.3. The second-order valence-corrected chi connectivity index (χ2v) is 7.33. The van der Waals surface area contributed by atoms with E-state index >= 15 is 0 Å². The molecule has 1 heterocycles. The van der Waals surface area contributed by atoms with Gasteiger partial charge in [0.2, 0.25) is 11.8 Å². The minimum absolute atomic E-state index is 0.154. The highest BCUT2D eigenvalue weighted by Gasteiger charge is 2.15. The van der Waals surface area contributed by atoms with Crippen LogP contribution >= 0.6 is 0 Å². The van der Waals surface area contributed by atoms with Crippen molar-refractivity contribution in [2.45, 2.75) is 51.0 Å². The Balaban J connectivity index is 1.32. The van der Waals surface area contributed by atoms with Crippen molar-refractivity contribution in [2.24, 2.45) is 0 Å². The lowest BCUT2D eigenvalue weighted by Gasteiger charge is -2.22. The van der Waals surface area contributed by atoms with E-state index in [1.54, 1.807) is 12.1 Å². The second kappa shape index (κ2) is 11.1. The Hall–Kier alpha value is -3.16. The van der Waals surface area contributed by atoms with E-state index in [-0.39, 0.29) is 30.2 Å². The molecule has 2 aromatic rings. The summed E-state index contributed by atoms with van der Waals surface area (Å²) in [5.74, 6) is 0.320. The number of carbonyl (C=O) groups is 2. The molecule has 0 bridgehead atoms. The Labute approximate surface area is 175 Å². The highest BCUT2D eigenvalue weighted by atomic mass is 19.1. The molecule has 7 nitrogen and oxygen atoms in total. The zero-order valence-corrected chi connectivity index (χ0v) is 16.8. The Morgan fingerprint density at radius 3 is 2.53 bits per heavy atom. The van der Waals surface area contributed by atoms with Gasteiger partial charge in [0, 0.05) is 25.1 Å². The van der Waals surface area contributed by atoms with Gasteiger partial charge < -0.3 is 20.7 Å². The maximum absolute atomic E-state index is 12.9. The summed E-state index contributed by atoms with van der Waals surface area (Å²) in [6, 6.07) is 9.03. The van der Waals surface area contributed by atoms with Crippen LogP contribution < -0.4 is 20.7 Å². The van der Waals surface area contributed by atoms with Crippen LogP contribution in [0.1, 0.15) is 44.9 Å². The number of benzene rings is 1. The van der Waals surface area contributed by atoms with E-state index in [0.717, 1.165) is 12.8 Å². The molecule has 1 aliphatic carbocycles. The van der Waals surface area contributed by atoms with Gasteiger partial charge >= 0.3 is 6.03 Å². The molecule has 0 saturated heterocycles. The molecule has 1 aromatic heterocycles. The van der Waals surface area contributed by atoms with E-state index in [4.69, 9.17) is 4.74 Å². The fraction of sp³-hybridized carbons (Fsp3) is 0.409. The van der Waals surface area contributed by atoms with Gasteiger partial charge in [-0.15, -0.1) is 0 Å². The van der Waals surface area contributed by atoms with Gasteiger partial charge in [0.1, 0.15) is 11.6 Å². The van der Waals surface area contributed by atoms with Gasteiger partial charge in [-0.1, -0.05) is 19.3 Å². The largest absolute Gasteiger partial charge is 0.439 e. The molecule has 8 heteroatoms. The number of amides is 3. The number of rotatable bonds is 8. The number of pyridine rings is 1. The minimum Gasteiger partial charge on any atom is -0.439 e. The fourth-order valence-corrected chi connectivity index (χ4v) is 3.30. The molecule has 0 atom stereocenters. The predicted molar refractivity (Wildman–Crippen MR) is 112 cm³/mol. The first kappa shape index (κ1) is 21.5. The molecule has 1 fully saturated rings. The molecule has 0 aliphatic heterocycles. The van der Waals surface area contributed by atoms with Gasteiger partial charge in [-0.3, -0.25) is 4.79 Å². The first-order valence-corrected chi connectivity index (χ1v) is 10.3. The van der Waals surface area contributed by atoms with Gasteiger partial charge in [-0.2, -0.15) is 0 Å². The fourth-order valence-electron chi connectivity index (χ4n) is 3.30. The second-order valence-electron chi connectivity index (χ2n) is 7.33. The highest BCUT2D eigenvalue weighted by Crippen LogP contribution is 2.21. The lowest BCUT2D eigenvalue weighted by Crippen LogP contribution is -2.43. The zero-order chi connectivity index (χ0) is 21.2. The van der Waals surface area contributed by atoms with Crippen LogP contribution in [-0.4, -0.2) is 29.5 Å². The molecule has 3 rings (SSSR count). The summed E-state index contributed by atoms with van der Waals surface area (Å²) in [5.41, 5.74) is 0.550. The molecule has 0 spiro atoms. The Morgan fingerprint density at radius 1 is 1.07 bits per heavy atom. The van der Waals surface area contributed by atoms with Gasteiger partial charge in [0.25, 0.3) is 0 Å². The molecule has 0 unspecified atom stereocenters. The Bertz CT molecular complexity index is 821. The summed E-state index contributed by atoms with van der Waals surface area (Å²) < 4.78 is 18.4. The smallest absolute Gasteiger partial charge is 0.315 e. The third-order valence-electron chi connectivity index (χ3n) is 4.86. The Morgan fingerprint density at radius 2 is 1.83 bits per heavy atom. The van der Waals surface area contributed by atoms with Crippen molar-refractivity contribution in [3.05, 3.63) is 48.4 Å². The number of hydrogen-bond acceptors (Lipinski definition) is 4. The van der Waals surface area contributed by atoms with Crippen molar-refractivity contribution in [3.63, 3.8) is 0 Å². The molecular weight excluding hydrogens is 387 g/mol. The number of halogens is 1. The van der Waals surface area contributed by atoms with Crippen LogP contribution in [0.2, 0.25) is 0 Å². The summed E-state index contributed by atoms with van der Waals surface area (Å²) in [4.78, 5) is 28.0. The monoisotopic (exact) mass is 414 g/mol. The van der Waals surface area contributed by atoms with Crippen LogP contribution in [0.25, 0.3) is 0 Å². The molecule has 1 aromatic carbocycles. The number of nitrogens with zero attached hydrogens (tertiary/aromatic N) is 1. The van der Waals surface area contributed by atoms with E-state index in [2.05, 4.69) is 20.9 Å². The summed E-state index contributed by atoms with van der Waals surface area (Å²) in [6.45, 7) is 0.439. The van der Waals surface area contributed by atoms with E-state index in [9.17, 15) is 14.0 Å². The molecule has 30 heavy (non-hydrogen) atoms. The summed E-state index contributed by atoms with van der Waals surface area (Å²) in [5, 5.41) is 8.54. The van der Waals surface area contributed by atoms with E-state index < -0.39 is 0 Å². The molecular formula is C22H27FN4O3. The van der Waals surface area contributed by atoms with Gasteiger partial charge in [0.05, 0.1) is 11.9 Å². The predicted octanol–water partition coefficient (Wildman–Crippen LogP) is 4.36. The topological polar surface area (TPSA) is 92.4 Å². The maximum Gasteiger partial charge on any atom is 0.315 e. The number of hydrogen-bond donors (Lipinski definition) is 3. The van der Waals surface area contributed by atoms with E-state index in [0.29, 0.717) is 30.3 Å². The molecule has 1 saturated carbocycles. The number of urea groups is 1. The van der Waals surface area contributed by atoms with Crippen LogP contribution in [0, 0.1) is 5.82 Å². The van der Waals surface area contributed by atoms with Gasteiger partial charge in [-0.25, -0.2) is 14.2 Å². The van der Waals surface area contributed by atoms with Crippen LogP contribution in [0.15, 0.2) is 42.6 Å². The number of nitrogens with one attached hydrogen (secondary N) is 3. The summed E-state index contributed by atoms with van der Waals surface area (Å²) in [7, 11) is 0. The zero-order valence-electron chi connectivity index (χ0n) is 16.8. The van der Waals surface area contributed by atoms with Crippen molar-refractivity contribution in [1.29, 1.82) is 0 Å². The van der Waals surface area contributed by atoms with Crippen molar-refractivity contribution < 1.29 is 18.7 Å². The number of ether oxygens (including phenoxy) is 1. The average molecular weight is 414 g/mol. The molecule has 0 radical (unpaired) electrons. The third kappa shape index (κ3) is 7.35.